The van der Waals surface area contributed by atoms with Gasteiger partial charge in [-0.05, 0) is 12.1 Å². The van der Waals surface area contributed by atoms with Crippen molar-refractivity contribution in [3.8, 4) is 0 Å². The fourth-order valence-electron chi connectivity index (χ4n) is 1.81. The van der Waals surface area contributed by atoms with E-state index in [9.17, 15) is 9.59 Å². The van der Waals surface area contributed by atoms with Gasteiger partial charge in [0.1, 0.15) is 6.54 Å². The molecule has 0 aliphatic carbocycles. The molecule has 0 saturated heterocycles. The normalized spacial score (nSPS) is 11.7. The lowest BCUT2D eigenvalue weighted by Gasteiger charge is -2.14. The summed E-state index contributed by atoms with van der Waals surface area (Å²) < 4.78 is 0. The minimum atomic E-state index is -0.0714. The Hall–Kier alpha value is -1.88. The van der Waals surface area contributed by atoms with Crippen molar-refractivity contribution in [2.45, 2.75) is 13.5 Å². The Labute approximate surface area is 114 Å². The molecule has 0 aliphatic rings. The lowest BCUT2D eigenvalue weighted by molar-refractivity contribution is -0.892. The number of carbonyl (C=O) groups excluding carboxylic acids is 2. The maximum Gasteiger partial charge on any atom is 0.251 e. The number of likely N-dealkylation sites (N-methyl/N-ethyl adjacent to an activating group) is 1. The van der Waals surface area contributed by atoms with Gasteiger partial charge in [-0.3, -0.25) is 9.59 Å². The molecule has 104 valence electrons. The van der Waals surface area contributed by atoms with E-state index < -0.39 is 0 Å². The Morgan fingerprint density at radius 1 is 1.21 bits per heavy atom. The van der Waals surface area contributed by atoms with Crippen molar-refractivity contribution in [3.63, 3.8) is 0 Å². The Morgan fingerprint density at radius 2 is 1.84 bits per heavy atom. The molecule has 0 radical (unpaired) electrons. The van der Waals surface area contributed by atoms with Crippen LogP contribution >= 0.6 is 0 Å². The average Bonchev–Trinajstić information content (AvgIpc) is 2.38. The van der Waals surface area contributed by atoms with Crippen LogP contribution in [0.4, 0.5) is 0 Å². The molecule has 1 atom stereocenters. The number of quaternary nitrogens is 1. The van der Waals surface area contributed by atoms with Gasteiger partial charge >= 0.3 is 0 Å². The van der Waals surface area contributed by atoms with E-state index in [1.165, 1.54) is 17.4 Å². The summed E-state index contributed by atoms with van der Waals surface area (Å²) in [6.45, 7) is 3.94. The monoisotopic (exact) mass is 264 g/mol. The van der Waals surface area contributed by atoms with Crippen LogP contribution in [0.3, 0.4) is 0 Å². The zero-order valence-electron chi connectivity index (χ0n) is 11.7. The highest BCUT2D eigenvalue weighted by atomic mass is 16.2. The maximum atomic E-state index is 11.4. The Bertz CT molecular complexity index is 429. The fourth-order valence-corrected chi connectivity index (χ4v) is 1.81. The number of nitrogens with one attached hydrogen (secondary N) is 3. The Morgan fingerprint density at radius 3 is 2.37 bits per heavy atom. The second-order valence-electron chi connectivity index (χ2n) is 4.64. The molecule has 19 heavy (non-hydrogen) atoms. The zero-order valence-corrected chi connectivity index (χ0v) is 11.7. The zero-order chi connectivity index (χ0) is 14.3. The molecule has 3 N–H and O–H groups in total. The highest BCUT2D eigenvalue weighted by Gasteiger charge is 2.06. The van der Waals surface area contributed by atoms with Crippen LogP contribution in [0.15, 0.2) is 24.3 Å². The van der Waals surface area contributed by atoms with Gasteiger partial charge in [0.25, 0.3) is 5.91 Å². The fraction of sp³-hybridized carbons (Fsp3) is 0.429. The van der Waals surface area contributed by atoms with Gasteiger partial charge in [0, 0.05) is 25.1 Å². The predicted octanol–water partition coefficient (Wildman–Crippen LogP) is -0.803. The standard InChI is InChI=1S/C14H21N3O2/c1-11(18)16-8-9-17(3)10-12-4-6-13(7-5-12)14(19)15-2/h4-7H,8-10H2,1-3H3,(H,15,19)(H,16,18)/p+1. The molecular formula is C14H22N3O2+. The molecule has 0 aliphatic heterocycles. The first-order valence-corrected chi connectivity index (χ1v) is 6.39. The molecule has 1 aromatic carbocycles. The Balaban J connectivity index is 2.44. The summed E-state index contributed by atoms with van der Waals surface area (Å²) in [6, 6.07) is 7.59. The van der Waals surface area contributed by atoms with Crippen LogP contribution in [0.2, 0.25) is 0 Å². The molecule has 0 bridgehead atoms. The molecule has 0 aromatic heterocycles. The summed E-state index contributed by atoms with van der Waals surface area (Å²) in [4.78, 5) is 23.5. The third-order valence-electron chi connectivity index (χ3n) is 2.87. The van der Waals surface area contributed by atoms with Crippen molar-refractivity contribution in [2.75, 3.05) is 27.2 Å². The average molecular weight is 264 g/mol. The molecule has 1 aromatic rings. The summed E-state index contributed by atoms with van der Waals surface area (Å²) in [6.07, 6.45) is 0. The van der Waals surface area contributed by atoms with Crippen molar-refractivity contribution >= 4 is 11.8 Å². The number of hydrogen-bond acceptors (Lipinski definition) is 2. The van der Waals surface area contributed by atoms with Crippen LogP contribution < -0.4 is 15.5 Å². The summed E-state index contributed by atoms with van der Waals surface area (Å²) in [5, 5.41) is 5.38. The van der Waals surface area contributed by atoms with E-state index in [1.54, 1.807) is 7.05 Å². The summed E-state index contributed by atoms with van der Waals surface area (Å²) >= 11 is 0. The molecule has 0 saturated carbocycles. The number of carbonyl (C=O) groups is 2. The van der Waals surface area contributed by atoms with Gasteiger partial charge in [-0.2, -0.15) is 0 Å². The topological polar surface area (TPSA) is 62.6 Å². The van der Waals surface area contributed by atoms with Gasteiger partial charge in [0.15, 0.2) is 0 Å². The molecule has 0 fully saturated rings. The van der Waals surface area contributed by atoms with Crippen LogP contribution in [-0.2, 0) is 11.3 Å². The smallest absolute Gasteiger partial charge is 0.251 e. The van der Waals surface area contributed by atoms with Crippen LogP contribution in [0.25, 0.3) is 0 Å². The van der Waals surface area contributed by atoms with Gasteiger partial charge in [0.2, 0.25) is 5.91 Å². The van der Waals surface area contributed by atoms with Gasteiger partial charge in [-0.15, -0.1) is 0 Å². The van der Waals surface area contributed by atoms with Gasteiger partial charge in [-0.25, -0.2) is 0 Å². The van der Waals surface area contributed by atoms with Crippen molar-refractivity contribution < 1.29 is 14.5 Å². The van der Waals surface area contributed by atoms with Gasteiger partial charge in [0.05, 0.1) is 20.1 Å². The third-order valence-corrected chi connectivity index (χ3v) is 2.87. The Kier molecular flexibility index (Phi) is 6.02. The van der Waals surface area contributed by atoms with E-state index in [0.717, 1.165) is 13.1 Å². The number of hydrogen-bond donors (Lipinski definition) is 3. The molecule has 5 heteroatoms. The van der Waals surface area contributed by atoms with Crippen molar-refractivity contribution in [2.24, 2.45) is 0 Å². The van der Waals surface area contributed by atoms with Crippen molar-refractivity contribution in [1.82, 2.24) is 10.6 Å². The quantitative estimate of drug-likeness (QED) is 0.630. The minimum Gasteiger partial charge on any atom is -0.355 e. The second kappa shape index (κ2) is 7.53. The minimum absolute atomic E-state index is 0.00253. The van der Waals surface area contributed by atoms with Crippen LogP contribution in [0.5, 0.6) is 0 Å². The summed E-state index contributed by atoms with van der Waals surface area (Å²) in [5.74, 6) is -0.0689. The molecule has 5 nitrogen and oxygen atoms in total. The molecular weight excluding hydrogens is 242 g/mol. The SMILES string of the molecule is CNC(=O)c1ccc(C[NH+](C)CCNC(C)=O)cc1. The second-order valence-corrected chi connectivity index (χ2v) is 4.64. The van der Waals surface area contributed by atoms with E-state index in [4.69, 9.17) is 0 Å². The highest BCUT2D eigenvalue weighted by molar-refractivity contribution is 5.93. The van der Waals surface area contributed by atoms with E-state index in [-0.39, 0.29) is 11.8 Å². The maximum absolute atomic E-state index is 11.4. The first kappa shape index (κ1) is 15.2. The van der Waals surface area contributed by atoms with Gasteiger partial charge < -0.3 is 15.5 Å². The van der Waals surface area contributed by atoms with E-state index in [1.807, 2.05) is 24.3 Å². The number of benzene rings is 1. The molecule has 1 rings (SSSR count). The number of rotatable bonds is 6. The van der Waals surface area contributed by atoms with E-state index in [0.29, 0.717) is 12.1 Å². The van der Waals surface area contributed by atoms with Crippen LogP contribution in [0, 0.1) is 0 Å². The first-order valence-electron chi connectivity index (χ1n) is 6.39. The summed E-state index contributed by atoms with van der Waals surface area (Å²) in [7, 11) is 3.70. The molecule has 0 heterocycles. The van der Waals surface area contributed by atoms with Crippen molar-refractivity contribution in [1.29, 1.82) is 0 Å². The largest absolute Gasteiger partial charge is 0.355 e. The van der Waals surface area contributed by atoms with E-state index >= 15 is 0 Å². The van der Waals surface area contributed by atoms with Crippen LogP contribution in [0.1, 0.15) is 22.8 Å². The lowest BCUT2D eigenvalue weighted by Crippen LogP contribution is -3.08. The third kappa shape index (κ3) is 5.52. The molecule has 2 amide bonds. The van der Waals surface area contributed by atoms with Gasteiger partial charge in [-0.1, -0.05) is 12.1 Å². The lowest BCUT2D eigenvalue weighted by atomic mass is 10.1. The molecule has 1 unspecified atom stereocenters. The molecule has 0 spiro atoms. The summed E-state index contributed by atoms with van der Waals surface area (Å²) in [5.41, 5.74) is 1.84. The predicted molar refractivity (Wildman–Crippen MR) is 74.0 cm³/mol. The highest BCUT2D eigenvalue weighted by Crippen LogP contribution is 2.03. The van der Waals surface area contributed by atoms with Crippen molar-refractivity contribution in [3.05, 3.63) is 35.4 Å². The first-order chi connectivity index (χ1) is 9.02. The number of amides is 2. The van der Waals surface area contributed by atoms with E-state index in [2.05, 4.69) is 17.7 Å². The van der Waals surface area contributed by atoms with Crippen LogP contribution in [-0.4, -0.2) is 39.0 Å².